The number of benzene rings is 1. The lowest BCUT2D eigenvalue weighted by Crippen LogP contribution is -2.49. The highest BCUT2D eigenvalue weighted by Crippen LogP contribution is 2.53. The molecule has 4 nitrogen and oxygen atoms in total. The van der Waals surface area contributed by atoms with E-state index in [2.05, 4.69) is 6.92 Å². The molecule has 3 atom stereocenters. The van der Waals surface area contributed by atoms with Gasteiger partial charge in [0.25, 0.3) is 0 Å². The van der Waals surface area contributed by atoms with Crippen molar-refractivity contribution >= 4 is 5.97 Å². The van der Waals surface area contributed by atoms with Crippen LogP contribution in [0.3, 0.4) is 0 Å². The Labute approximate surface area is 150 Å². The average Bonchev–Trinajstić information content (AvgIpc) is 2.76. The zero-order chi connectivity index (χ0) is 18.1. The zero-order valence-electron chi connectivity index (χ0n) is 15.4. The van der Waals surface area contributed by atoms with E-state index in [-0.39, 0.29) is 5.41 Å². The maximum atomic E-state index is 11.3. The molecule has 0 unspecified atom stereocenters. The largest absolute Gasteiger partial charge is 0.478 e. The first-order valence-corrected chi connectivity index (χ1v) is 9.61. The molecular weight excluding hydrogens is 316 g/mol. The second-order valence-electron chi connectivity index (χ2n) is 7.84. The van der Waals surface area contributed by atoms with Gasteiger partial charge in [-0.2, -0.15) is 0 Å². The summed E-state index contributed by atoms with van der Waals surface area (Å²) in [7, 11) is 0. The van der Waals surface area contributed by atoms with E-state index in [0.717, 1.165) is 44.9 Å². The fourth-order valence-electron chi connectivity index (χ4n) is 5.19. The molecule has 1 fully saturated rings. The van der Waals surface area contributed by atoms with Crippen LogP contribution in [0.1, 0.15) is 73.9 Å². The Morgan fingerprint density at radius 3 is 2.80 bits per heavy atom. The third-order valence-electron chi connectivity index (χ3n) is 6.54. The number of ether oxygens (including phenoxy) is 1. The van der Waals surface area contributed by atoms with Crippen LogP contribution < -0.4 is 0 Å². The van der Waals surface area contributed by atoms with E-state index in [4.69, 9.17) is 4.74 Å². The normalized spacial score (nSPS) is 31.7. The van der Waals surface area contributed by atoms with E-state index in [9.17, 15) is 15.0 Å². The van der Waals surface area contributed by atoms with Crippen LogP contribution >= 0.6 is 0 Å². The highest BCUT2D eigenvalue weighted by atomic mass is 16.5. The van der Waals surface area contributed by atoms with Gasteiger partial charge in [0.2, 0.25) is 0 Å². The van der Waals surface area contributed by atoms with Gasteiger partial charge in [-0.15, -0.1) is 0 Å². The van der Waals surface area contributed by atoms with Gasteiger partial charge >= 0.3 is 5.97 Å². The number of aromatic carboxylic acids is 1. The topological polar surface area (TPSA) is 66.8 Å². The number of hydrogen-bond acceptors (Lipinski definition) is 3. The minimum absolute atomic E-state index is 0.0569. The molecule has 0 aromatic heterocycles. The van der Waals surface area contributed by atoms with Gasteiger partial charge in [0, 0.05) is 6.61 Å². The van der Waals surface area contributed by atoms with Gasteiger partial charge in [-0.3, -0.25) is 0 Å². The van der Waals surface area contributed by atoms with Crippen molar-refractivity contribution < 1.29 is 19.7 Å². The van der Waals surface area contributed by atoms with E-state index in [1.165, 1.54) is 11.1 Å². The van der Waals surface area contributed by atoms with Gasteiger partial charge in [0.1, 0.15) is 0 Å². The number of carboxylic acid groups (broad SMARTS) is 1. The minimum atomic E-state index is -0.858. The molecular formula is C21H30O4. The van der Waals surface area contributed by atoms with Gasteiger partial charge < -0.3 is 14.9 Å². The number of hydrogen-bond donors (Lipinski definition) is 2. The van der Waals surface area contributed by atoms with Gasteiger partial charge in [-0.05, 0) is 86.5 Å². The fraction of sp³-hybridized carbons (Fsp3) is 0.667. The van der Waals surface area contributed by atoms with Crippen molar-refractivity contribution in [3.05, 3.63) is 34.9 Å². The molecule has 138 valence electrons. The van der Waals surface area contributed by atoms with Crippen molar-refractivity contribution in [2.45, 2.75) is 69.8 Å². The first kappa shape index (κ1) is 18.4. The van der Waals surface area contributed by atoms with Crippen molar-refractivity contribution in [3.63, 3.8) is 0 Å². The summed E-state index contributed by atoms with van der Waals surface area (Å²) in [5.41, 5.74) is 2.24. The van der Waals surface area contributed by atoms with Gasteiger partial charge in [0.15, 0.2) is 0 Å². The molecule has 0 saturated heterocycles. The summed E-state index contributed by atoms with van der Waals surface area (Å²) in [5, 5.41) is 20.3. The molecule has 1 saturated carbocycles. The van der Waals surface area contributed by atoms with Crippen molar-refractivity contribution in [1.29, 1.82) is 0 Å². The van der Waals surface area contributed by atoms with Crippen LogP contribution in [-0.4, -0.2) is 35.0 Å². The van der Waals surface area contributed by atoms with Crippen LogP contribution in [0.25, 0.3) is 0 Å². The van der Waals surface area contributed by atoms with E-state index in [0.29, 0.717) is 24.7 Å². The number of aliphatic hydroxyl groups is 1. The molecule has 2 aliphatic carbocycles. The summed E-state index contributed by atoms with van der Waals surface area (Å²) in [6.45, 7) is 5.25. The highest BCUT2D eigenvalue weighted by Gasteiger charge is 2.49. The minimum Gasteiger partial charge on any atom is -0.478 e. The van der Waals surface area contributed by atoms with Crippen LogP contribution in [0.15, 0.2) is 18.2 Å². The smallest absolute Gasteiger partial charge is 0.335 e. The summed E-state index contributed by atoms with van der Waals surface area (Å²) in [5.74, 6) is -0.433. The Bertz CT molecular complexity index is 641. The van der Waals surface area contributed by atoms with Gasteiger partial charge in [-0.25, -0.2) is 4.79 Å². The first-order chi connectivity index (χ1) is 11.9. The van der Waals surface area contributed by atoms with E-state index < -0.39 is 11.6 Å². The molecule has 0 spiro atoms. The lowest BCUT2D eigenvalue weighted by Gasteiger charge is -2.50. The van der Waals surface area contributed by atoms with Crippen LogP contribution in [0, 0.1) is 5.92 Å². The monoisotopic (exact) mass is 346 g/mol. The number of fused-ring (bicyclic) bond motifs is 3. The van der Waals surface area contributed by atoms with Crippen molar-refractivity contribution in [2.24, 2.45) is 5.92 Å². The Morgan fingerprint density at radius 1 is 1.32 bits per heavy atom. The average molecular weight is 346 g/mol. The van der Waals surface area contributed by atoms with Crippen LogP contribution in [0.5, 0.6) is 0 Å². The molecule has 0 amide bonds. The summed E-state index contributed by atoms with van der Waals surface area (Å²) in [6.07, 6.45) is 6.56. The summed E-state index contributed by atoms with van der Waals surface area (Å²) < 4.78 is 5.55. The van der Waals surface area contributed by atoms with Crippen molar-refractivity contribution in [2.75, 3.05) is 13.2 Å². The fourth-order valence-corrected chi connectivity index (χ4v) is 5.19. The molecule has 1 aromatic rings. The number of aryl methyl sites for hydroxylation is 1. The predicted molar refractivity (Wildman–Crippen MR) is 97.1 cm³/mol. The quantitative estimate of drug-likeness (QED) is 0.847. The van der Waals surface area contributed by atoms with Crippen LogP contribution in [0.4, 0.5) is 0 Å². The van der Waals surface area contributed by atoms with Crippen LogP contribution in [-0.2, 0) is 16.6 Å². The molecule has 2 N–H and O–H groups in total. The van der Waals surface area contributed by atoms with Gasteiger partial charge in [0.05, 0.1) is 17.8 Å². The van der Waals surface area contributed by atoms with E-state index >= 15 is 0 Å². The molecule has 25 heavy (non-hydrogen) atoms. The predicted octanol–water partition coefficient (Wildman–Crippen LogP) is 3.94. The Balaban J connectivity index is 1.96. The first-order valence-electron chi connectivity index (χ1n) is 9.61. The summed E-state index contributed by atoms with van der Waals surface area (Å²) >= 11 is 0. The van der Waals surface area contributed by atoms with Crippen LogP contribution in [0.2, 0.25) is 0 Å². The van der Waals surface area contributed by atoms with E-state index in [1.54, 1.807) is 6.07 Å². The molecule has 3 rings (SSSR count). The molecule has 1 aromatic carbocycles. The Hall–Kier alpha value is -1.39. The SMILES string of the molecule is CCOC[C@@]1(O)CC[C@@]2(CC)c3ccc(C(=O)O)cc3CCC[C@H]2C1. The lowest BCUT2D eigenvalue weighted by atomic mass is 9.57. The summed E-state index contributed by atoms with van der Waals surface area (Å²) in [4.78, 5) is 11.3. The highest BCUT2D eigenvalue weighted by molar-refractivity contribution is 5.88. The Kier molecular flexibility index (Phi) is 5.21. The molecule has 4 heteroatoms. The second-order valence-corrected chi connectivity index (χ2v) is 7.84. The third kappa shape index (κ3) is 3.34. The number of carboxylic acids is 1. The number of rotatable bonds is 5. The standard InChI is InChI=1S/C21H30O4/c1-3-21-11-10-20(24,14-25-4-2)13-17(21)7-5-6-15-12-16(19(22)23)8-9-18(15)21/h8-9,12,17,24H,3-7,10-11,13-14H2,1-2H3,(H,22,23)/t17-,20+,21+/m0/s1. The molecule has 0 aliphatic heterocycles. The van der Waals surface area contributed by atoms with Crippen molar-refractivity contribution in [1.82, 2.24) is 0 Å². The maximum Gasteiger partial charge on any atom is 0.335 e. The molecule has 0 bridgehead atoms. The molecule has 2 aliphatic rings. The summed E-state index contributed by atoms with van der Waals surface area (Å²) in [6, 6.07) is 5.67. The molecule has 0 radical (unpaired) electrons. The lowest BCUT2D eigenvalue weighted by molar-refractivity contribution is -0.0975. The second kappa shape index (κ2) is 7.08. The molecule has 0 heterocycles. The van der Waals surface area contributed by atoms with Gasteiger partial charge in [-0.1, -0.05) is 13.0 Å². The van der Waals surface area contributed by atoms with Crippen molar-refractivity contribution in [3.8, 4) is 0 Å². The van der Waals surface area contributed by atoms with E-state index in [1.807, 2.05) is 19.1 Å². The maximum absolute atomic E-state index is 11.3. The third-order valence-corrected chi connectivity index (χ3v) is 6.54. The zero-order valence-corrected chi connectivity index (χ0v) is 15.4. The Morgan fingerprint density at radius 2 is 2.12 bits per heavy atom. The number of carbonyl (C=O) groups is 1.